The fourth-order valence-electron chi connectivity index (χ4n) is 2.81. The molecule has 5 atom stereocenters. The lowest BCUT2D eigenvalue weighted by molar-refractivity contribution is -0.144. The third-order valence-electron chi connectivity index (χ3n) is 4.50. The lowest BCUT2D eigenvalue weighted by atomic mass is 10.0. The zero-order valence-electron chi connectivity index (χ0n) is 19.1. The third-order valence-corrected chi connectivity index (χ3v) is 4.50. The number of carboxylic acids is 2. The van der Waals surface area contributed by atoms with Crippen molar-refractivity contribution in [3.8, 4) is 0 Å². The van der Waals surface area contributed by atoms with Gasteiger partial charge in [-0.15, -0.1) is 0 Å². The van der Waals surface area contributed by atoms with Gasteiger partial charge in [0.1, 0.15) is 24.2 Å². The van der Waals surface area contributed by atoms with Crippen LogP contribution < -0.4 is 21.7 Å². The molecule has 0 aliphatic carbocycles. The molecule has 0 bridgehead atoms. The first-order valence-electron chi connectivity index (χ1n) is 10.4. The molecule has 0 saturated heterocycles. The Morgan fingerprint density at radius 2 is 1.12 bits per heavy atom. The number of carbonyl (C=O) groups is 5. The molecule has 3 amide bonds. The Morgan fingerprint density at radius 3 is 1.53 bits per heavy atom. The van der Waals surface area contributed by atoms with E-state index in [-0.39, 0.29) is 24.7 Å². The Balaban J connectivity index is 5.54. The Kier molecular flexibility index (Phi) is 12.5. The molecule has 0 radical (unpaired) electrons. The molecule has 8 N–H and O–H groups in total. The standard InChI is InChI=1S/C20H36N4O8/c1-9(2)6-12(23-19(30)16(21)11(5)25)17(28)22-13(8-15(26)27)18(29)24-14(20(31)32)7-10(3)4/h9-14,16,25H,6-8,21H2,1-5H3,(H,22,28)(H,23,30)(H,24,29)(H,26,27)(H,31,32). The van der Waals surface area contributed by atoms with Crippen LogP contribution in [-0.2, 0) is 24.0 Å². The average Bonchev–Trinajstić information content (AvgIpc) is 2.64. The van der Waals surface area contributed by atoms with Gasteiger partial charge in [-0.1, -0.05) is 27.7 Å². The second-order valence-electron chi connectivity index (χ2n) is 8.65. The maximum absolute atomic E-state index is 12.8. The van der Waals surface area contributed by atoms with Gasteiger partial charge >= 0.3 is 11.9 Å². The van der Waals surface area contributed by atoms with Crippen molar-refractivity contribution in [3.05, 3.63) is 0 Å². The van der Waals surface area contributed by atoms with Crippen LogP contribution in [0.4, 0.5) is 0 Å². The van der Waals surface area contributed by atoms with Crippen LogP contribution in [0.3, 0.4) is 0 Å². The lowest BCUT2D eigenvalue weighted by Gasteiger charge is -2.26. The monoisotopic (exact) mass is 460 g/mol. The number of nitrogens with one attached hydrogen (secondary N) is 3. The van der Waals surface area contributed by atoms with Gasteiger partial charge in [0.2, 0.25) is 17.7 Å². The van der Waals surface area contributed by atoms with Crippen molar-refractivity contribution < 1.29 is 39.3 Å². The number of aliphatic carboxylic acids is 2. The predicted octanol–water partition coefficient (Wildman–Crippen LogP) is -1.20. The van der Waals surface area contributed by atoms with Crippen molar-refractivity contribution in [2.45, 2.75) is 84.2 Å². The number of rotatable bonds is 14. The van der Waals surface area contributed by atoms with Gasteiger partial charge < -0.3 is 37.0 Å². The van der Waals surface area contributed by atoms with E-state index in [4.69, 9.17) is 10.8 Å². The summed E-state index contributed by atoms with van der Waals surface area (Å²) in [6, 6.07) is -5.26. The number of hydrogen-bond donors (Lipinski definition) is 7. The summed E-state index contributed by atoms with van der Waals surface area (Å²) in [6.45, 7) is 8.40. The van der Waals surface area contributed by atoms with Crippen LogP contribution >= 0.6 is 0 Å². The molecule has 32 heavy (non-hydrogen) atoms. The van der Waals surface area contributed by atoms with E-state index in [0.717, 1.165) is 0 Å². The minimum absolute atomic E-state index is 0.0623. The molecule has 0 heterocycles. The number of nitrogens with two attached hydrogens (primary N) is 1. The van der Waals surface area contributed by atoms with Crippen LogP contribution in [-0.4, -0.2) is 75.3 Å². The van der Waals surface area contributed by atoms with Gasteiger partial charge in [0.25, 0.3) is 0 Å². The minimum Gasteiger partial charge on any atom is -0.481 e. The van der Waals surface area contributed by atoms with E-state index in [1.165, 1.54) is 6.92 Å². The van der Waals surface area contributed by atoms with Gasteiger partial charge in [0.15, 0.2) is 0 Å². The minimum atomic E-state index is -1.56. The smallest absolute Gasteiger partial charge is 0.326 e. The number of carboxylic acid groups (broad SMARTS) is 2. The summed E-state index contributed by atoms with van der Waals surface area (Å²) >= 11 is 0. The highest BCUT2D eigenvalue weighted by atomic mass is 16.4. The number of aliphatic hydroxyl groups is 1. The van der Waals surface area contributed by atoms with Crippen molar-refractivity contribution in [1.29, 1.82) is 0 Å². The van der Waals surface area contributed by atoms with E-state index < -0.39 is 66.4 Å². The predicted molar refractivity (Wildman–Crippen MR) is 114 cm³/mol. The van der Waals surface area contributed by atoms with Gasteiger partial charge in [-0.3, -0.25) is 19.2 Å². The summed E-state index contributed by atoms with van der Waals surface area (Å²) in [6.07, 6.45) is -1.70. The van der Waals surface area contributed by atoms with Crippen LogP contribution in [0.5, 0.6) is 0 Å². The van der Waals surface area contributed by atoms with Crippen molar-refractivity contribution in [1.82, 2.24) is 16.0 Å². The molecule has 0 spiro atoms. The summed E-state index contributed by atoms with van der Waals surface area (Å²) in [4.78, 5) is 60.2. The van der Waals surface area contributed by atoms with Crippen LogP contribution in [0, 0.1) is 11.8 Å². The van der Waals surface area contributed by atoms with Crippen LogP contribution in [0.25, 0.3) is 0 Å². The highest BCUT2D eigenvalue weighted by Crippen LogP contribution is 2.09. The number of hydrogen-bond acceptors (Lipinski definition) is 7. The zero-order chi connectivity index (χ0) is 25.2. The van der Waals surface area contributed by atoms with Crippen LogP contribution in [0.15, 0.2) is 0 Å². The molecule has 5 unspecified atom stereocenters. The van der Waals surface area contributed by atoms with Gasteiger partial charge in [-0.2, -0.15) is 0 Å². The Morgan fingerprint density at radius 1 is 0.719 bits per heavy atom. The maximum atomic E-state index is 12.8. The molecule has 12 nitrogen and oxygen atoms in total. The Hall–Kier alpha value is -2.73. The fraction of sp³-hybridized carbons (Fsp3) is 0.750. The van der Waals surface area contributed by atoms with Gasteiger partial charge in [-0.05, 0) is 31.6 Å². The van der Waals surface area contributed by atoms with E-state index in [1.807, 2.05) is 0 Å². The molecule has 0 aliphatic heterocycles. The first-order chi connectivity index (χ1) is 14.6. The fourth-order valence-corrected chi connectivity index (χ4v) is 2.81. The number of aliphatic hydroxyl groups excluding tert-OH is 1. The Bertz CT molecular complexity index is 681. The van der Waals surface area contributed by atoms with Crippen molar-refractivity contribution in [2.75, 3.05) is 0 Å². The zero-order valence-corrected chi connectivity index (χ0v) is 19.1. The molecule has 0 saturated carbocycles. The van der Waals surface area contributed by atoms with Gasteiger partial charge in [-0.25, -0.2) is 4.79 Å². The molecule has 0 aromatic rings. The molecule has 0 fully saturated rings. The molecular weight excluding hydrogens is 424 g/mol. The van der Waals surface area contributed by atoms with E-state index in [2.05, 4.69) is 16.0 Å². The SMILES string of the molecule is CC(C)CC(NC(=O)C(CC(=O)O)NC(=O)C(CC(C)C)NC(=O)C(N)C(C)O)C(=O)O. The highest BCUT2D eigenvalue weighted by Gasteiger charge is 2.32. The first-order valence-corrected chi connectivity index (χ1v) is 10.4. The summed E-state index contributed by atoms with van der Waals surface area (Å²) in [7, 11) is 0. The van der Waals surface area contributed by atoms with E-state index in [1.54, 1.807) is 27.7 Å². The van der Waals surface area contributed by atoms with Crippen molar-refractivity contribution >= 4 is 29.7 Å². The molecule has 184 valence electrons. The topological polar surface area (TPSA) is 208 Å². The van der Waals surface area contributed by atoms with Crippen LogP contribution in [0.1, 0.15) is 53.9 Å². The van der Waals surface area contributed by atoms with Crippen molar-refractivity contribution in [2.24, 2.45) is 17.6 Å². The molecule has 0 aliphatic rings. The Labute approximate surface area is 187 Å². The van der Waals surface area contributed by atoms with E-state index in [0.29, 0.717) is 0 Å². The quantitative estimate of drug-likeness (QED) is 0.166. The van der Waals surface area contributed by atoms with E-state index in [9.17, 15) is 34.2 Å². The molecule has 0 aromatic heterocycles. The molecular formula is C20H36N4O8. The van der Waals surface area contributed by atoms with E-state index >= 15 is 0 Å². The summed E-state index contributed by atoms with van der Waals surface area (Å²) in [5.74, 6) is -5.39. The summed E-state index contributed by atoms with van der Waals surface area (Å²) in [5.41, 5.74) is 5.59. The number of amides is 3. The second kappa shape index (κ2) is 13.6. The normalized spacial score (nSPS) is 15.9. The van der Waals surface area contributed by atoms with Gasteiger partial charge in [0.05, 0.1) is 12.5 Å². The largest absolute Gasteiger partial charge is 0.481 e. The highest BCUT2D eigenvalue weighted by molar-refractivity contribution is 5.95. The molecule has 12 heteroatoms. The van der Waals surface area contributed by atoms with Crippen molar-refractivity contribution in [3.63, 3.8) is 0 Å². The third kappa shape index (κ3) is 11.0. The summed E-state index contributed by atoms with van der Waals surface area (Å²) in [5, 5.41) is 34.9. The average molecular weight is 461 g/mol. The van der Waals surface area contributed by atoms with Crippen LogP contribution in [0.2, 0.25) is 0 Å². The summed E-state index contributed by atoms with van der Waals surface area (Å²) < 4.78 is 0. The molecule has 0 rings (SSSR count). The number of carbonyl (C=O) groups excluding carboxylic acids is 3. The lowest BCUT2D eigenvalue weighted by Crippen LogP contribution is -2.58. The maximum Gasteiger partial charge on any atom is 0.326 e. The molecule has 0 aromatic carbocycles. The second-order valence-corrected chi connectivity index (χ2v) is 8.65. The first kappa shape index (κ1) is 29.3. The van der Waals surface area contributed by atoms with Gasteiger partial charge in [0, 0.05) is 0 Å².